The number of imidazole rings is 1. The molecule has 0 N–H and O–H groups in total. The number of nitrogens with zero attached hydrogens (tertiary/aromatic N) is 10. The van der Waals surface area contributed by atoms with Crippen LogP contribution in [0.15, 0.2) is 61.3 Å². The van der Waals surface area contributed by atoms with Crippen molar-refractivity contribution in [2.24, 2.45) is 0 Å². The van der Waals surface area contributed by atoms with Gasteiger partial charge in [-0.25, -0.2) is 14.6 Å². The third-order valence-corrected chi connectivity index (χ3v) is 7.28. The lowest BCUT2D eigenvalue weighted by Crippen LogP contribution is -2.47. The highest BCUT2D eigenvalue weighted by Gasteiger charge is 2.50. The second kappa shape index (κ2) is 7.33. The van der Waals surface area contributed by atoms with Crippen LogP contribution in [-0.2, 0) is 5.54 Å². The Bertz CT molecular complexity index is 1550. The smallest absolute Gasteiger partial charge is 0.237 e. The van der Waals surface area contributed by atoms with E-state index in [1.807, 2.05) is 59.0 Å². The molecule has 10 nitrogen and oxygen atoms in total. The standard InChI is InChI=1S/C25H24N10/c1-3-25-9-5-12-33(25)22-20(35-17(2)30-31-23(25)35)16-27-24(29-22)32-14-11-26-21(32)18-7-4-8-19(15-18)34-13-6-10-28-34/h4,6-8,10-11,13-16H,3,5,9,12H2,1-2H3/t25-/m0/s1. The summed E-state index contributed by atoms with van der Waals surface area (Å²) in [6.07, 6.45) is 12.4. The van der Waals surface area contributed by atoms with Gasteiger partial charge in [0.25, 0.3) is 0 Å². The predicted molar refractivity (Wildman–Crippen MR) is 130 cm³/mol. The van der Waals surface area contributed by atoms with Crippen molar-refractivity contribution in [1.82, 2.24) is 44.1 Å². The normalized spacial score (nSPS) is 18.4. The minimum Gasteiger partial charge on any atom is -0.342 e. The van der Waals surface area contributed by atoms with Crippen molar-refractivity contribution < 1.29 is 0 Å². The molecule has 0 spiro atoms. The molecule has 0 bridgehead atoms. The van der Waals surface area contributed by atoms with Crippen molar-refractivity contribution in [3.63, 3.8) is 0 Å². The van der Waals surface area contributed by atoms with E-state index in [0.717, 1.165) is 66.0 Å². The maximum absolute atomic E-state index is 5.11. The quantitative estimate of drug-likeness (QED) is 0.401. The van der Waals surface area contributed by atoms with Gasteiger partial charge in [-0.15, -0.1) is 10.2 Å². The molecule has 1 aromatic carbocycles. The van der Waals surface area contributed by atoms with Gasteiger partial charge in [0.2, 0.25) is 5.95 Å². The first-order valence-electron chi connectivity index (χ1n) is 11.9. The first-order valence-corrected chi connectivity index (χ1v) is 11.9. The zero-order valence-corrected chi connectivity index (χ0v) is 19.6. The van der Waals surface area contributed by atoms with Crippen LogP contribution in [0.1, 0.15) is 37.8 Å². The van der Waals surface area contributed by atoms with Gasteiger partial charge in [0.05, 0.1) is 11.9 Å². The van der Waals surface area contributed by atoms with Gasteiger partial charge in [-0.1, -0.05) is 19.1 Å². The Morgan fingerprint density at radius 2 is 2.00 bits per heavy atom. The summed E-state index contributed by atoms with van der Waals surface area (Å²) in [5.41, 5.74) is 2.68. The molecular weight excluding hydrogens is 440 g/mol. The Kier molecular flexibility index (Phi) is 4.20. The van der Waals surface area contributed by atoms with Crippen LogP contribution in [-0.4, -0.2) is 50.6 Å². The fraction of sp³-hybridized carbons (Fsp3) is 0.280. The molecule has 0 aliphatic carbocycles. The van der Waals surface area contributed by atoms with Gasteiger partial charge in [-0.3, -0.25) is 9.13 Å². The lowest BCUT2D eigenvalue weighted by Gasteiger charge is -2.42. The van der Waals surface area contributed by atoms with Gasteiger partial charge >= 0.3 is 0 Å². The van der Waals surface area contributed by atoms with Crippen molar-refractivity contribution >= 4 is 5.82 Å². The van der Waals surface area contributed by atoms with Crippen molar-refractivity contribution in [2.45, 2.75) is 38.6 Å². The van der Waals surface area contributed by atoms with Gasteiger partial charge in [-0.2, -0.15) is 10.1 Å². The summed E-state index contributed by atoms with van der Waals surface area (Å²) < 4.78 is 5.91. The Balaban J connectivity index is 1.37. The number of benzene rings is 1. The summed E-state index contributed by atoms with van der Waals surface area (Å²) in [5.74, 6) is 4.15. The average molecular weight is 465 g/mol. The van der Waals surface area contributed by atoms with Crippen LogP contribution in [0.25, 0.3) is 28.7 Å². The van der Waals surface area contributed by atoms with E-state index in [1.165, 1.54) is 0 Å². The first kappa shape index (κ1) is 20.1. The molecule has 5 aromatic rings. The molecule has 10 heteroatoms. The zero-order chi connectivity index (χ0) is 23.6. The van der Waals surface area contributed by atoms with Crippen LogP contribution in [0.5, 0.6) is 0 Å². The number of rotatable bonds is 4. The summed E-state index contributed by atoms with van der Waals surface area (Å²) in [4.78, 5) is 16.9. The molecule has 2 aliphatic heterocycles. The molecule has 174 valence electrons. The number of fused-ring (bicyclic) bond motifs is 6. The Morgan fingerprint density at radius 1 is 1.06 bits per heavy atom. The fourth-order valence-electron chi connectivity index (χ4n) is 5.61. The number of hydrogen-bond donors (Lipinski definition) is 0. The van der Waals surface area contributed by atoms with Crippen LogP contribution in [0.2, 0.25) is 0 Å². The second-order valence-corrected chi connectivity index (χ2v) is 9.05. The van der Waals surface area contributed by atoms with E-state index in [4.69, 9.17) is 9.97 Å². The SMILES string of the molecule is CC[C@@]12CCCN1c1nc(-n3ccnc3-c3cccc(-n4cccn4)c3)ncc1-n1c(C)nnc12. The Hall–Kier alpha value is -4.34. The van der Waals surface area contributed by atoms with E-state index in [0.29, 0.717) is 5.95 Å². The Labute approximate surface area is 201 Å². The minimum atomic E-state index is -0.185. The van der Waals surface area contributed by atoms with E-state index in [1.54, 1.807) is 12.4 Å². The van der Waals surface area contributed by atoms with Gasteiger partial charge in [-0.05, 0) is 44.4 Å². The number of aryl methyl sites for hydroxylation is 1. The Morgan fingerprint density at radius 3 is 2.86 bits per heavy atom. The summed E-state index contributed by atoms with van der Waals surface area (Å²) in [7, 11) is 0. The zero-order valence-electron chi connectivity index (χ0n) is 19.6. The van der Waals surface area contributed by atoms with Crippen LogP contribution < -0.4 is 4.90 Å². The predicted octanol–water partition coefficient (Wildman–Crippen LogP) is 3.62. The van der Waals surface area contributed by atoms with Crippen LogP contribution in [0.4, 0.5) is 5.82 Å². The maximum atomic E-state index is 5.11. The number of aromatic nitrogens is 9. The van der Waals surface area contributed by atoms with Crippen molar-refractivity contribution in [3.05, 3.63) is 73.0 Å². The van der Waals surface area contributed by atoms with Gasteiger partial charge < -0.3 is 4.90 Å². The van der Waals surface area contributed by atoms with Gasteiger partial charge in [0.15, 0.2) is 11.6 Å². The third kappa shape index (κ3) is 2.76. The lowest BCUT2D eigenvalue weighted by molar-refractivity contribution is 0.381. The van der Waals surface area contributed by atoms with Crippen molar-refractivity contribution in [1.29, 1.82) is 0 Å². The van der Waals surface area contributed by atoms with Crippen molar-refractivity contribution in [2.75, 3.05) is 11.4 Å². The summed E-state index contributed by atoms with van der Waals surface area (Å²) >= 11 is 0. The molecular formula is C25H24N10. The minimum absolute atomic E-state index is 0.185. The van der Waals surface area contributed by atoms with Crippen LogP contribution >= 0.6 is 0 Å². The molecule has 0 saturated carbocycles. The molecule has 1 fully saturated rings. The molecule has 1 saturated heterocycles. The number of anilines is 1. The molecule has 2 aliphatic rings. The second-order valence-electron chi connectivity index (χ2n) is 9.05. The molecule has 0 unspecified atom stereocenters. The molecule has 0 radical (unpaired) electrons. The average Bonchev–Trinajstić information content (AvgIpc) is 3.70. The van der Waals surface area contributed by atoms with E-state index < -0.39 is 0 Å². The van der Waals surface area contributed by atoms with Crippen LogP contribution in [0, 0.1) is 6.92 Å². The summed E-state index contributed by atoms with van der Waals surface area (Å²) in [6, 6.07) is 10.1. The summed E-state index contributed by atoms with van der Waals surface area (Å²) in [5, 5.41) is 13.4. The van der Waals surface area contributed by atoms with E-state index in [9.17, 15) is 0 Å². The van der Waals surface area contributed by atoms with E-state index in [2.05, 4.69) is 42.7 Å². The highest BCUT2D eigenvalue weighted by atomic mass is 15.4. The molecule has 4 aromatic heterocycles. The van der Waals surface area contributed by atoms with Gasteiger partial charge in [0.1, 0.15) is 22.9 Å². The first-order chi connectivity index (χ1) is 17.2. The monoisotopic (exact) mass is 464 g/mol. The highest BCUT2D eigenvalue weighted by Crippen LogP contribution is 2.49. The number of hydrogen-bond acceptors (Lipinski definition) is 7. The van der Waals surface area contributed by atoms with E-state index in [-0.39, 0.29) is 5.54 Å². The van der Waals surface area contributed by atoms with Gasteiger partial charge in [0, 0.05) is 36.9 Å². The summed E-state index contributed by atoms with van der Waals surface area (Å²) in [6.45, 7) is 5.15. The fourth-order valence-corrected chi connectivity index (χ4v) is 5.61. The lowest BCUT2D eigenvalue weighted by atomic mass is 9.90. The third-order valence-electron chi connectivity index (χ3n) is 7.28. The highest BCUT2D eigenvalue weighted by molar-refractivity contribution is 5.66. The van der Waals surface area contributed by atoms with E-state index >= 15 is 0 Å². The molecule has 6 heterocycles. The molecule has 1 atom stereocenters. The molecule has 7 rings (SSSR count). The maximum Gasteiger partial charge on any atom is 0.237 e. The van der Waals surface area contributed by atoms with Crippen molar-refractivity contribution in [3.8, 4) is 28.7 Å². The topological polar surface area (TPSA) is 95.4 Å². The molecule has 35 heavy (non-hydrogen) atoms. The largest absolute Gasteiger partial charge is 0.342 e. The van der Waals surface area contributed by atoms with Crippen LogP contribution in [0.3, 0.4) is 0 Å². The molecule has 0 amide bonds.